The van der Waals surface area contributed by atoms with E-state index in [4.69, 9.17) is 0 Å². The predicted molar refractivity (Wildman–Crippen MR) is 81.3 cm³/mol. The van der Waals surface area contributed by atoms with Gasteiger partial charge in [0.15, 0.2) is 0 Å². The van der Waals surface area contributed by atoms with Crippen molar-refractivity contribution in [2.75, 3.05) is 19.6 Å². The molecule has 1 aliphatic rings. The third-order valence-corrected chi connectivity index (χ3v) is 4.24. The van der Waals surface area contributed by atoms with Crippen molar-refractivity contribution in [1.82, 2.24) is 9.80 Å². The van der Waals surface area contributed by atoms with Gasteiger partial charge in [-0.1, -0.05) is 34.6 Å². The lowest BCUT2D eigenvalue weighted by Crippen LogP contribution is -2.51. The largest absolute Gasteiger partial charge is 0.325 e. The second-order valence-corrected chi connectivity index (χ2v) is 6.47. The summed E-state index contributed by atoms with van der Waals surface area (Å²) in [6.45, 7) is 13.8. The number of piperidine rings is 1. The number of likely N-dealkylation sites (tertiary alicyclic amines) is 1. The molecule has 0 saturated carbocycles. The molecule has 0 atom stereocenters. The number of nitrogens with zero attached hydrogens (tertiary/aromatic N) is 2. The summed E-state index contributed by atoms with van der Waals surface area (Å²) in [7, 11) is 0. The molecule has 1 fully saturated rings. The predicted octanol–water partition coefficient (Wildman–Crippen LogP) is 3.98. The van der Waals surface area contributed by atoms with E-state index < -0.39 is 0 Å². The van der Waals surface area contributed by atoms with Crippen LogP contribution < -0.4 is 0 Å². The fourth-order valence-electron chi connectivity index (χ4n) is 2.89. The van der Waals surface area contributed by atoms with Gasteiger partial charge in [0.2, 0.25) is 0 Å². The van der Waals surface area contributed by atoms with Gasteiger partial charge in [-0.3, -0.25) is 0 Å². The molecule has 112 valence electrons. The van der Waals surface area contributed by atoms with Crippen LogP contribution in [0, 0.1) is 11.8 Å². The molecule has 1 heterocycles. The molecule has 1 saturated heterocycles. The van der Waals surface area contributed by atoms with E-state index in [1.54, 1.807) is 0 Å². The zero-order valence-electron chi connectivity index (χ0n) is 13.5. The minimum atomic E-state index is 0.273. The summed E-state index contributed by atoms with van der Waals surface area (Å²) in [6.07, 6.45) is 4.42. The minimum Gasteiger partial charge on any atom is -0.325 e. The molecule has 0 aromatic carbocycles. The number of rotatable bonds is 5. The molecule has 1 aliphatic heterocycles. The van der Waals surface area contributed by atoms with E-state index in [2.05, 4.69) is 44.4 Å². The van der Waals surface area contributed by atoms with Crippen molar-refractivity contribution in [2.24, 2.45) is 11.8 Å². The number of urea groups is 1. The van der Waals surface area contributed by atoms with Crippen LogP contribution in [0.4, 0.5) is 4.79 Å². The van der Waals surface area contributed by atoms with Crippen LogP contribution in [0.15, 0.2) is 0 Å². The molecule has 3 heteroatoms. The highest BCUT2D eigenvalue weighted by Crippen LogP contribution is 2.20. The van der Waals surface area contributed by atoms with E-state index in [1.807, 2.05) is 0 Å². The molecule has 0 spiro atoms. The Morgan fingerprint density at radius 1 is 1.21 bits per heavy atom. The number of hydrogen-bond donors (Lipinski definition) is 0. The van der Waals surface area contributed by atoms with Crippen molar-refractivity contribution in [3.8, 4) is 0 Å². The average Bonchev–Trinajstić information content (AvgIpc) is 2.38. The Kier molecular flexibility index (Phi) is 6.67. The Morgan fingerprint density at radius 3 is 2.16 bits per heavy atom. The van der Waals surface area contributed by atoms with Crippen LogP contribution in [-0.2, 0) is 0 Å². The van der Waals surface area contributed by atoms with Gasteiger partial charge in [0.1, 0.15) is 0 Å². The average molecular weight is 268 g/mol. The van der Waals surface area contributed by atoms with Gasteiger partial charge in [-0.05, 0) is 37.5 Å². The van der Waals surface area contributed by atoms with Crippen molar-refractivity contribution < 1.29 is 4.79 Å². The molecule has 2 amide bonds. The van der Waals surface area contributed by atoms with E-state index in [0.29, 0.717) is 12.0 Å². The number of hydrogen-bond acceptors (Lipinski definition) is 1. The fraction of sp³-hybridized carbons (Fsp3) is 0.938. The standard InChI is InChI=1S/C16H32N2O/c1-6-15(7-2)18(12-13(3)4)16(19)17-10-8-14(5)9-11-17/h13-15H,6-12H2,1-5H3. The quantitative estimate of drug-likeness (QED) is 0.739. The van der Waals surface area contributed by atoms with E-state index in [-0.39, 0.29) is 6.03 Å². The van der Waals surface area contributed by atoms with Crippen LogP contribution in [0.2, 0.25) is 0 Å². The van der Waals surface area contributed by atoms with Gasteiger partial charge in [0.25, 0.3) is 0 Å². The lowest BCUT2D eigenvalue weighted by molar-refractivity contribution is 0.109. The second kappa shape index (κ2) is 7.76. The third-order valence-electron chi connectivity index (χ3n) is 4.24. The van der Waals surface area contributed by atoms with Gasteiger partial charge >= 0.3 is 6.03 Å². The molecule has 0 bridgehead atoms. The van der Waals surface area contributed by atoms with Crippen molar-refractivity contribution >= 4 is 6.03 Å². The Hall–Kier alpha value is -0.730. The van der Waals surface area contributed by atoms with Crippen LogP contribution in [0.5, 0.6) is 0 Å². The van der Waals surface area contributed by atoms with Gasteiger partial charge < -0.3 is 9.80 Å². The highest BCUT2D eigenvalue weighted by atomic mass is 16.2. The summed E-state index contributed by atoms with van der Waals surface area (Å²) in [5, 5.41) is 0. The molecule has 0 aliphatic carbocycles. The van der Waals surface area contributed by atoms with Crippen LogP contribution in [0.3, 0.4) is 0 Å². The summed E-state index contributed by atoms with van der Waals surface area (Å²) in [6, 6.07) is 0.670. The zero-order chi connectivity index (χ0) is 14.4. The Morgan fingerprint density at radius 2 is 1.74 bits per heavy atom. The van der Waals surface area contributed by atoms with E-state index >= 15 is 0 Å². The first kappa shape index (κ1) is 16.3. The summed E-state index contributed by atoms with van der Waals surface area (Å²) in [5.74, 6) is 1.31. The molecule has 0 unspecified atom stereocenters. The summed E-state index contributed by atoms with van der Waals surface area (Å²) in [5.41, 5.74) is 0. The maximum Gasteiger partial charge on any atom is 0.320 e. The zero-order valence-corrected chi connectivity index (χ0v) is 13.5. The van der Waals surface area contributed by atoms with Crippen molar-refractivity contribution in [1.29, 1.82) is 0 Å². The molecule has 0 radical (unpaired) electrons. The molecule has 3 nitrogen and oxygen atoms in total. The lowest BCUT2D eigenvalue weighted by Gasteiger charge is -2.39. The second-order valence-electron chi connectivity index (χ2n) is 6.47. The van der Waals surface area contributed by atoms with Crippen molar-refractivity contribution in [3.05, 3.63) is 0 Å². The van der Waals surface area contributed by atoms with Gasteiger partial charge in [-0.25, -0.2) is 4.79 Å². The van der Waals surface area contributed by atoms with E-state index in [1.165, 1.54) is 0 Å². The Labute approximate surface area is 119 Å². The lowest BCUT2D eigenvalue weighted by atomic mass is 9.99. The number of amides is 2. The van der Waals surface area contributed by atoms with Crippen molar-refractivity contribution in [2.45, 2.75) is 66.3 Å². The van der Waals surface area contributed by atoms with Gasteiger partial charge in [-0.15, -0.1) is 0 Å². The maximum absolute atomic E-state index is 12.8. The maximum atomic E-state index is 12.8. The van der Waals surface area contributed by atoms with Crippen LogP contribution >= 0.6 is 0 Å². The number of carbonyl (C=O) groups is 1. The van der Waals surface area contributed by atoms with Gasteiger partial charge in [-0.2, -0.15) is 0 Å². The molecule has 19 heavy (non-hydrogen) atoms. The molecule has 0 N–H and O–H groups in total. The molecule has 0 aromatic rings. The van der Waals surface area contributed by atoms with Crippen molar-refractivity contribution in [3.63, 3.8) is 0 Å². The van der Waals surface area contributed by atoms with Crippen LogP contribution in [0.1, 0.15) is 60.3 Å². The third kappa shape index (κ3) is 4.70. The first-order chi connectivity index (χ1) is 8.99. The van der Waals surface area contributed by atoms with Gasteiger partial charge in [0.05, 0.1) is 0 Å². The summed E-state index contributed by atoms with van der Waals surface area (Å²) >= 11 is 0. The smallest absolute Gasteiger partial charge is 0.320 e. The minimum absolute atomic E-state index is 0.273. The SMILES string of the molecule is CCC(CC)N(CC(C)C)C(=O)N1CCC(C)CC1. The molecule has 0 aromatic heterocycles. The fourth-order valence-corrected chi connectivity index (χ4v) is 2.89. The first-order valence-corrected chi connectivity index (χ1v) is 8.05. The van der Waals surface area contributed by atoms with Crippen LogP contribution in [-0.4, -0.2) is 41.5 Å². The first-order valence-electron chi connectivity index (χ1n) is 8.05. The monoisotopic (exact) mass is 268 g/mol. The molecular weight excluding hydrogens is 236 g/mol. The molecule has 1 rings (SSSR count). The molecular formula is C16H32N2O. The highest BCUT2D eigenvalue weighted by Gasteiger charge is 2.28. The summed E-state index contributed by atoms with van der Waals surface area (Å²) < 4.78 is 0. The van der Waals surface area contributed by atoms with E-state index in [9.17, 15) is 4.79 Å². The summed E-state index contributed by atoms with van der Waals surface area (Å²) in [4.78, 5) is 16.9. The van der Waals surface area contributed by atoms with E-state index in [0.717, 1.165) is 51.2 Å². The highest BCUT2D eigenvalue weighted by molar-refractivity contribution is 5.75. The van der Waals surface area contributed by atoms with Gasteiger partial charge in [0, 0.05) is 25.7 Å². The topological polar surface area (TPSA) is 23.6 Å². The van der Waals surface area contributed by atoms with Crippen LogP contribution in [0.25, 0.3) is 0 Å². The number of carbonyl (C=O) groups excluding carboxylic acids is 1. The normalized spacial score (nSPS) is 17.3. The Bertz CT molecular complexity index is 266. The Balaban J connectivity index is 2.70.